The van der Waals surface area contributed by atoms with Gasteiger partial charge in [0.1, 0.15) is 5.82 Å². The molecule has 2 N–H and O–H groups in total. The molecular formula is C11H10BrFN2O2S. The Morgan fingerprint density at radius 3 is 2.72 bits per heavy atom. The first kappa shape index (κ1) is 13.3. The first-order valence-electron chi connectivity index (χ1n) is 5.05. The summed E-state index contributed by atoms with van der Waals surface area (Å²) < 4.78 is 39.5. The average Bonchev–Trinajstić information content (AvgIpc) is 2.78. The van der Waals surface area contributed by atoms with Crippen LogP contribution >= 0.6 is 15.9 Å². The third-order valence-electron chi connectivity index (χ3n) is 2.31. The van der Waals surface area contributed by atoms with Gasteiger partial charge in [-0.25, -0.2) is 17.5 Å². The number of aromatic amines is 1. The molecule has 0 saturated carbocycles. The fourth-order valence-corrected chi connectivity index (χ4v) is 3.48. The summed E-state index contributed by atoms with van der Waals surface area (Å²) in [6, 6.07) is 5.21. The molecule has 1 aromatic heterocycles. The first-order valence-corrected chi connectivity index (χ1v) is 7.33. The third kappa shape index (κ3) is 2.98. The zero-order chi connectivity index (χ0) is 13.2. The van der Waals surface area contributed by atoms with E-state index in [9.17, 15) is 12.8 Å². The molecular weight excluding hydrogens is 323 g/mol. The minimum Gasteiger partial charge on any atom is -0.367 e. The molecule has 1 aromatic carbocycles. The number of sulfonamides is 1. The van der Waals surface area contributed by atoms with Crippen LogP contribution in [-0.2, 0) is 16.6 Å². The topological polar surface area (TPSA) is 62.0 Å². The number of nitrogens with one attached hydrogen (secondary N) is 2. The molecule has 0 saturated heterocycles. The van der Waals surface area contributed by atoms with Crippen molar-refractivity contribution in [1.82, 2.24) is 9.71 Å². The number of rotatable bonds is 4. The average molecular weight is 333 g/mol. The van der Waals surface area contributed by atoms with Gasteiger partial charge in [0.25, 0.3) is 0 Å². The highest BCUT2D eigenvalue weighted by Crippen LogP contribution is 2.22. The van der Waals surface area contributed by atoms with Gasteiger partial charge in [0, 0.05) is 23.4 Å². The standard InChI is InChI=1S/C11H10BrFN2O2S/c12-10-5-9(13)1-2-11(10)18(16,17)15-7-8-3-4-14-6-8/h1-6,14-15H,7H2. The highest BCUT2D eigenvalue weighted by atomic mass is 79.9. The highest BCUT2D eigenvalue weighted by molar-refractivity contribution is 9.10. The summed E-state index contributed by atoms with van der Waals surface area (Å²) in [5, 5.41) is 0. The van der Waals surface area contributed by atoms with Gasteiger partial charge in [-0.1, -0.05) is 0 Å². The maximum atomic E-state index is 12.9. The molecule has 2 rings (SSSR count). The lowest BCUT2D eigenvalue weighted by atomic mass is 10.3. The van der Waals surface area contributed by atoms with Gasteiger partial charge in [0.05, 0.1) is 4.90 Å². The van der Waals surface area contributed by atoms with E-state index in [0.717, 1.165) is 17.7 Å². The summed E-state index contributed by atoms with van der Waals surface area (Å²) in [5.74, 6) is -0.494. The fraction of sp³-hybridized carbons (Fsp3) is 0.0909. The molecule has 2 aromatic rings. The van der Waals surface area contributed by atoms with Crippen LogP contribution in [0.1, 0.15) is 5.56 Å². The van der Waals surface area contributed by atoms with Crippen molar-refractivity contribution < 1.29 is 12.8 Å². The van der Waals surface area contributed by atoms with Crippen molar-refractivity contribution in [2.24, 2.45) is 0 Å². The van der Waals surface area contributed by atoms with Crippen molar-refractivity contribution >= 4 is 26.0 Å². The number of benzene rings is 1. The SMILES string of the molecule is O=S(=O)(NCc1cc[nH]c1)c1ccc(F)cc1Br. The van der Waals surface area contributed by atoms with Crippen molar-refractivity contribution in [3.63, 3.8) is 0 Å². The van der Waals surface area contributed by atoms with E-state index >= 15 is 0 Å². The van der Waals surface area contributed by atoms with Crippen molar-refractivity contribution in [2.45, 2.75) is 11.4 Å². The van der Waals surface area contributed by atoms with Gasteiger partial charge in [-0.2, -0.15) is 0 Å². The van der Waals surface area contributed by atoms with E-state index in [1.54, 1.807) is 18.5 Å². The molecule has 18 heavy (non-hydrogen) atoms. The second-order valence-corrected chi connectivity index (χ2v) is 6.21. The van der Waals surface area contributed by atoms with E-state index in [4.69, 9.17) is 0 Å². The van der Waals surface area contributed by atoms with Crippen LogP contribution in [0, 0.1) is 5.82 Å². The Morgan fingerprint density at radius 1 is 1.33 bits per heavy atom. The van der Waals surface area contributed by atoms with Gasteiger partial charge in [0.2, 0.25) is 10.0 Å². The Labute approximate surface area is 112 Å². The lowest BCUT2D eigenvalue weighted by molar-refractivity contribution is 0.579. The second kappa shape index (κ2) is 5.21. The molecule has 0 aliphatic rings. The Hall–Kier alpha value is -1.18. The smallest absolute Gasteiger partial charge is 0.241 e. The molecule has 0 radical (unpaired) electrons. The quantitative estimate of drug-likeness (QED) is 0.903. The Morgan fingerprint density at radius 2 is 2.11 bits per heavy atom. The molecule has 0 amide bonds. The van der Waals surface area contributed by atoms with Crippen LogP contribution in [0.25, 0.3) is 0 Å². The number of hydrogen-bond acceptors (Lipinski definition) is 2. The monoisotopic (exact) mass is 332 g/mol. The predicted molar refractivity (Wildman–Crippen MR) is 68.9 cm³/mol. The van der Waals surface area contributed by atoms with Crippen molar-refractivity contribution in [2.75, 3.05) is 0 Å². The van der Waals surface area contributed by atoms with Crippen LogP contribution < -0.4 is 4.72 Å². The Kier molecular flexibility index (Phi) is 3.84. The summed E-state index contributed by atoms with van der Waals surface area (Å²) in [5.41, 5.74) is 0.816. The fourth-order valence-electron chi connectivity index (χ4n) is 1.42. The maximum Gasteiger partial charge on any atom is 0.241 e. The van der Waals surface area contributed by atoms with E-state index < -0.39 is 15.8 Å². The largest absolute Gasteiger partial charge is 0.367 e. The summed E-state index contributed by atoms with van der Waals surface area (Å²) >= 11 is 3.04. The summed E-state index contributed by atoms with van der Waals surface area (Å²) in [6.45, 7) is 0.176. The van der Waals surface area contributed by atoms with Gasteiger partial charge in [-0.15, -0.1) is 0 Å². The molecule has 4 nitrogen and oxygen atoms in total. The lowest BCUT2D eigenvalue weighted by Crippen LogP contribution is -2.23. The number of H-pyrrole nitrogens is 1. The minimum atomic E-state index is -3.66. The molecule has 0 unspecified atom stereocenters. The molecule has 0 fully saturated rings. The van der Waals surface area contributed by atoms with Crippen LogP contribution in [0.3, 0.4) is 0 Å². The van der Waals surface area contributed by atoms with Gasteiger partial charge in [-0.3, -0.25) is 0 Å². The predicted octanol–water partition coefficient (Wildman–Crippen LogP) is 2.39. The van der Waals surface area contributed by atoms with E-state index in [1.165, 1.54) is 6.07 Å². The van der Waals surface area contributed by atoms with Crippen LogP contribution in [0.4, 0.5) is 4.39 Å². The van der Waals surface area contributed by atoms with Crippen LogP contribution in [0.15, 0.2) is 46.0 Å². The molecule has 0 aliphatic heterocycles. The lowest BCUT2D eigenvalue weighted by Gasteiger charge is -2.07. The number of halogens is 2. The minimum absolute atomic E-state index is 0.0134. The van der Waals surface area contributed by atoms with Crippen molar-refractivity contribution in [3.8, 4) is 0 Å². The van der Waals surface area contributed by atoms with Crippen molar-refractivity contribution in [3.05, 3.63) is 52.5 Å². The highest BCUT2D eigenvalue weighted by Gasteiger charge is 2.17. The summed E-state index contributed by atoms with van der Waals surface area (Å²) in [6.07, 6.45) is 3.40. The van der Waals surface area contributed by atoms with E-state index in [1.807, 2.05) is 0 Å². The molecule has 96 valence electrons. The molecule has 0 spiro atoms. The van der Waals surface area contributed by atoms with Gasteiger partial charge >= 0.3 is 0 Å². The third-order valence-corrected chi connectivity index (χ3v) is 4.69. The Balaban J connectivity index is 2.20. The van der Waals surface area contributed by atoms with Gasteiger partial charge in [0.15, 0.2) is 0 Å². The normalized spacial score (nSPS) is 11.7. The van der Waals surface area contributed by atoms with Crippen molar-refractivity contribution in [1.29, 1.82) is 0 Å². The van der Waals surface area contributed by atoms with E-state index in [-0.39, 0.29) is 15.9 Å². The zero-order valence-electron chi connectivity index (χ0n) is 9.15. The van der Waals surface area contributed by atoms with Gasteiger partial charge in [-0.05, 0) is 45.8 Å². The zero-order valence-corrected chi connectivity index (χ0v) is 11.6. The number of hydrogen-bond donors (Lipinski definition) is 2. The van der Waals surface area contributed by atoms with Gasteiger partial charge < -0.3 is 4.98 Å². The maximum absolute atomic E-state index is 12.9. The molecule has 7 heteroatoms. The summed E-state index contributed by atoms with van der Waals surface area (Å²) in [4.78, 5) is 2.84. The Bertz CT molecular complexity index is 641. The summed E-state index contributed by atoms with van der Waals surface area (Å²) in [7, 11) is -3.66. The molecule has 0 aliphatic carbocycles. The van der Waals surface area contributed by atoms with Crippen LogP contribution in [0.2, 0.25) is 0 Å². The first-order chi connectivity index (χ1) is 8.49. The molecule has 0 bridgehead atoms. The van der Waals surface area contributed by atoms with Crippen LogP contribution in [0.5, 0.6) is 0 Å². The van der Waals surface area contributed by atoms with E-state index in [2.05, 4.69) is 25.6 Å². The van der Waals surface area contributed by atoms with Crippen LogP contribution in [-0.4, -0.2) is 13.4 Å². The molecule has 1 heterocycles. The number of aromatic nitrogens is 1. The second-order valence-electron chi connectivity index (χ2n) is 3.62. The molecule has 0 atom stereocenters. The van der Waals surface area contributed by atoms with E-state index in [0.29, 0.717) is 0 Å².